The number of aliphatic hydroxyl groups excluding tert-OH is 1. The van der Waals surface area contributed by atoms with Crippen LogP contribution in [0.15, 0.2) is 0 Å². The maximum atomic E-state index is 11.8. The molecule has 0 saturated carbocycles. The van der Waals surface area contributed by atoms with Crippen molar-refractivity contribution in [3.8, 4) is 0 Å². The molecule has 0 radical (unpaired) electrons. The summed E-state index contributed by atoms with van der Waals surface area (Å²) in [6.45, 7) is 7.35. The Morgan fingerprint density at radius 1 is 1.56 bits per heavy atom. The number of carbonyl (C=O) groups is 1. The van der Waals surface area contributed by atoms with Crippen molar-refractivity contribution in [2.45, 2.75) is 39.2 Å². The van der Waals surface area contributed by atoms with Crippen molar-refractivity contribution in [1.82, 2.24) is 10.6 Å². The van der Waals surface area contributed by atoms with Gasteiger partial charge >= 0.3 is 0 Å². The Morgan fingerprint density at radius 3 is 2.94 bits per heavy atom. The topological polar surface area (TPSA) is 70.6 Å². The molecule has 1 atom stereocenters. The molecule has 1 heterocycles. The number of ether oxygens (including phenoxy) is 1. The number of rotatable bonds is 7. The van der Waals surface area contributed by atoms with Crippen LogP contribution in [0.5, 0.6) is 0 Å². The van der Waals surface area contributed by atoms with Gasteiger partial charge in [0.1, 0.15) is 0 Å². The van der Waals surface area contributed by atoms with Gasteiger partial charge in [0.25, 0.3) is 0 Å². The number of hydrogen-bond donors (Lipinski definition) is 3. The van der Waals surface area contributed by atoms with Crippen LogP contribution in [0, 0.1) is 5.41 Å². The Morgan fingerprint density at radius 2 is 2.33 bits per heavy atom. The molecule has 0 aromatic rings. The first-order valence-electron chi connectivity index (χ1n) is 6.73. The first-order valence-corrected chi connectivity index (χ1v) is 6.73. The summed E-state index contributed by atoms with van der Waals surface area (Å²) >= 11 is 0. The van der Waals surface area contributed by atoms with Crippen LogP contribution in [0.2, 0.25) is 0 Å². The molecular formula is C13H26N2O3. The lowest BCUT2D eigenvalue weighted by atomic mass is 9.88. The van der Waals surface area contributed by atoms with E-state index in [-0.39, 0.29) is 24.0 Å². The molecule has 1 saturated heterocycles. The van der Waals surface area contributed by atoms with Crippen molar-refractivity contribution < 1.29 is 14.6 Å². The molecule has 1 unspecified atom stereocenters. The van der Waals surface area contributed by atoms with E-state index >= 15 is 0 Å². The highest BCUT2D eigenvalue weighted by Crippen LogP contribution is 2.20. The maximum Gasteiger partial charge on any atom is 0.222 e. The molecule has 1 rings (SSSR count). The van der Waals surface area contributed by atoms with Crippen molar-refractivity contribution >= 4 is 5.91 Å². The second kappa shape index (κ2) is 7.71. The molecule has 0 bridgehead atoms. The van der Waals surface area contributed by atoms with Gasteiger partial charge in [0, 0.05) is 26.2 Å². The largest absolute Gasteiger partial charge is 0.396 e. The highest BCUT2D eigenvalue weighted by atomic mass is 16.5. The Hall–Kier alpha value is -0.650. The molecule has 5 nitrogen and oxygen atoms in total. The van der Waals surface area contributed by atoms with E-state index in [2.05, 4.69) is 24.5 Å². The third-order valence-corrected chi connectivity index (χ3v) is 3.19. The van der Waals surface area contributed by atoms with Crippen molar-refractivity contribution in [2.24, 2.45) is 5.41 Å². The normalized spacial score (nSPS) is 20.7. The highest BCUT2D eigenvalue weighted by molar-refractivity contribution is 5.76. The van der Waals surface area contributed by atoms with Crippen molar-refractivity contribution in [1.29, 1.82) is 0 Å². The van der Waals surface area contributed by atoms with E-state index < -0.39 is 0 Å². The second-order valence-electron chi connectivity index (χ2n) is 5.67. The van der Waals surface area contributed by atoms with E-state index in [0.29, 0.717) is 19.6 Å². The van der Waals surface area contributed by atoms with Gasteiger partial charge in [-0.05, 0) is 18.3 Å². The fraction of sp³-hybridized carbons (Fsp3) is 0.923. The molecule has 1 aliphatic heterocycles. The summed E-state index contributed by atoms with van der Waals surface area (Å²) in [5, 5.41) is 15.0. The Bertz CT molecular complexity index is 251. The van der Waals surface area contributed by atoms with E-state index in [1.54, 1.807) is 0 Å². The minimum absolute atomic E-state index is 0.000644. The molecule has 0 aliphatic carbocycles. The molecule has 5 heteroatoms. The number of hydrogen-bond acceptors (Lipinski definition) is 4. The van der Waals surface area contributed by atoms with Gasteiger partial charge in [-0.15, -0.1) is 0 Å². The van der Waals surface area contributed by atoms with Gasteiger partial charge < -0.3 is 20.5 Å². The third kappa shape index (κ3) is 6.33. The molecular weight excluding hydrogens is 232 g/mol. The summed E-state index contributed by atoms with van der Waals surface area (Å²) in [7, 11) is 0. The van der Waals surface area contributed by atoms with E-state index in [1.165, 1.54) is 0 Å². The van der Waals surface area contributed by atoms with Crippen LogP contribution < -0.4 is 10.6 Å². The lowest BCUT2D eigenvalue weighted by Gasteiger charge is -2.26. The summed E-state index contributed by atoms with van der Waals surface area (Å²) in [5.74, 6) is 0.0424. The first kappa shape index (κ1) is 15.4. The lowest BCUT2D eigenvalue weighted by Crippen LogP contribution is -2.42. The predicted octanol–water partition coefficient (Wildman–Crippen LogP) is 0.280. The smallest absolute Gasteiger partial charge is 0.222 e. The van der Waals surface area contributed by atoms with Gasteiger partial charge in [0.15, 0.2) is 0 Å². The minimum Gasteiger partial charge on any atom is -0.396 e. The van der Waals surface area contributed by atoms with Gasteiger partial charge in [-0.3, -0.25) is 4.79 Å². The highest BCUT2D eigenvalue weighted by Gasteiger charge is 2.21. The zero-order valence-electron chi connectivity index (χ0n) is 11.5. The third-order valence-electron chi connectivity index (χ3n) is 3.19. The average Bonchev–Trinajstić information content (AvgIpc) is 2.36. The summed E-state index contributed by atoms with van der Waals surface area (Å²) in [5.41, 5.74) is 0.0318. The van der Waals surface area contributed by atoms with E-state index in [4.69, 9.17) is 9.84 Å². The summed E-state index contributed by atoms with van der Waals surface area (Å²) in [6.07, 6.45) is 2.10. The van der Waals surface area contributed by atoms with Gasteiger partial charge in [0.2, 0.25) is 5.91 Å². The van der Waals surface area contributed by atoms with E-state index in [0.717, 1.165) is 25.9 Å². The molecule has 1 aliphatic rings. The van der Waals surface area contributed by atoms with Crippen LogP contribution in [0.4, 0.5) is 0 Å². The number of nitrogens with one attached hydrogen (secondary N) is 2. The van der Waals surface area contributed by atoms with Crippen LogP contribution in [0.1, 0.15) is 33.1 Å². The van der Waals surface area contributed by atoms with Gasteiger partial charge in [0.05, 0.1) is 19.1 Å². The molecule has 106 valence electrons. The summed E-state index contributed by atoms with van der Waals surface area (Å²) < 4.78 is 5.49. The monoisotopic (exact) mass is 258 g/mol. The van der Waals surface area contributed by atoms with Crippen LogP contribution in [0.25, 0.3) is 0 Å². The van der Waals surface area contributed by atoms with Crippen molar-refractivity contribution in [2.75, 3.05) is 32.8 Å². The number of aliphatic hydroxyl groups is 1. The number of carbonyl (C=O) groups excluding carboxylic acids is 1. The molecule has 0 aromatic carbocycles. The quantitative estimate of drug-likeness (QED) is 0.613. The predicted molar refractivity (Wildman–Crippen MR) is 70.3 cm³/mol. The molecule has 1 amide bonds. The summed E-state index contributed by atoms with van der Waals surface area (Å²) in [6, 6.07) is 0. The Labute approximate surface area is 109 Å². The zero-order valence-corrected chi connectivity index (χ0v) is 11.5. The Kier molecular flexibility index (Phi) is 6.60. The fourth-order valence-electron chi connectivity index (χ4n) is 2.01. The number of amides is 1. The van der Waals surface area contributed by atoms with Crippen LogP contribution in [-0.2, 0) is 9.53 Å². The first-order chi connectivity index (χ1) is 8.53. The van der Waals surface area contributed by atoms with Crippen LogP contribution in [-0.4, -0.2) is 50.0 Å². The lowest BCUT2D eigenvalue weighted by molar-refractivity contribution is -0.124. The van der Waals surface area contributed by atoms with Gasteiger partial charge in [-0.25, -0.2) is 0 Å². The molecule has 1 fully saturated rings. The van der Waals surface area contributed by atoms with Crippen LogP contribution in [0.3, 0.4) is 0 Å². The van der Waals surface area contributed by atoms with Crippen molar-refractivity contribution in [3.05, 3.63) is 0 Å². The molecule has 0 spiro atoms. The van der Waals surface area contributed by atoms with Gasteiger partial charge in [-0.2, -0.15) is 0 Å². The zero-order chi connectivity index (χ0) is 13.4. The van der Waals surface area contributed by atoms with E-state index in [1.807, 2.05) is 0 Å². The molecule has 18 heavy (non-hydrogen) atoms. The second-order valence-corrected chi connectivity index (χ2v) is 5.67. The summed E-state index contributed by atoms with van der Waals surface area (Å²) in [4.78, 5) is 11.8. The Balaban J connectivity index is 2.19. The fourth-order valence-corrected chi connectivity index (χ4v) is 2.01. The van der Waals surface area contributed by atoms with E-state index in [9.17, 15) is 4.79 Å². The standard InChI is InChI=1S/C13H26N2O3/c1-13(2,4-3-6-16)10-15-12(17)8-11-9-14-5-7-18-11/h11,14,16H,3-10H2,1-2H3,(H,15,17). The maximum absolute atomic E-state index is 11.8. The number of morpholine rings is 1. The average molecular weight is 258 g/mol. The molecule has 3 N–H and O–H groups in total. The molecule has 0 aromatic heterocycles. The minimum atomic E-state index is -0.000644. The van der Waals surface area contributed by atoms with Crippen molar-refractivity contribution in [3.63, 3.8) is 0 Å². The van der Waals surface area contributed by atoms with Crippen LogP contribution >= 0.6 is 0 Å². The SMILES string of the molecule is CC(C)(CCCO)CNC(=O)CC1CNCCO1. The van der Waals surface area contributed by atoms with Gasteiger partial charge in [-0.1, -0.05) is 13.8 Å².